The minimum atomic E-state index is -0.336. The number of nitrogens with one attached hydrogen (secondary N) is 3. The lowest BCUT2D eigenvalue weighted by Crippen LogP contribution is -2.48. The lowest BCUT2D eigenvalue weighted by molar-refractivity contribution is -0.134. The summed E-state index contributed by atoms with van der Waals surface area (Å²) in [5.41, 5.74) is 4.56. The van der Waals surface area contributed by atoms with Gasteiger partial charge >= 0.3 is 6.03 Å². The number of aromatic amines is 1. The minimum absolute atomic E-state index is 0.0145. The molecule has 0 spiro atoms. The maximum atomic E-state index is 13.0. The van der Waals surface area contributed by atoms with Crippen LogP contribution < -0.4 is 10.6 Å². The Balaban J connectivity index is 1.41. The molecule has 3 N–H and O–H groups in total. The summed E-state index contributed by atoms with van der Waals surface area (Å²) in [7, 11) is 0. The summed E-state index contributed by atoms with van der Waals surface area (Å²) in [6.45, 7) is 5.33. The molecule has 6 heteroatoms. The average molecular weight is 405 g/mol. The fourth-order valence-electron chi connectivity index (χ4n) is 4.34. The van der Waals surface area contributed by atoms with Crippen molar-refractivity contribution in [2.75, 3.05) is 13.1 Å². The van der Waals surface area contributed by atoms with Crippen LogP contribution in [0.4, 0.5) is 4.79 Å². The quantitative estimate of drug-likeness (QED) is 0.606. The highest BCUT2D eigenvalue weighted by Gasteiger charge is 2.35. The van der Waals surface area contributed by atoms with Crippen molar-refractivity contribution in [3.63, 3.8) is 0 Å². The van der Waals surface area contributed by atoms with Gasteiger partial charge < -0.3 is 20.5 Å². The number of aromatic nitrogens is 1. The molecule has 3 aromatic rings. The number of carbonyl (C=O) groups is 2. The molecule has 1 atom stereocenters. The van der Waals surface area contributed by atoms with Gasteiger partial charge in [0.05, 0.1) is 12.6 Å². The van der Waals surface area contributed by atoms with Crippen LogP contribution >= 0.6 is 0 Å². The van der Waals surface area contributed by atoms with E-state index in [0.29, 0.717) is 13.1 Å². The molecule has 0 bridgehead atoms. The first-order valence-electron chi connectivity index (χ1n) is 10.5. The van der Waals surface area contributed by atoms with Crippen LogP contribution in [0.5, 0.6) is 0 Å². The molecule has 0 saturated carbocycles. The molecule has 2 aromatic carbocycles. The van der Waals surface area contributed by atoms with Crippen molar-refractivity contribution in [2.24, 2.45) is 5.92 Å². The maximum Gasteiger partial charge on any atom is 0.315 e. The van der Waals surface area contributed by atoms with Crippen molar-refractivity contribution in [2.45, 2.75) is 32.9 Å². The Morgan fingerprint density at radius 3 is 2.57 bits per heavy atom. The fourth-order valence-corrected chi connectivity index (χ4v) is 4.34. The van der Waals surface area contributed by atoms with E-state index in [9.17, 15) is 9.59 Å². The number of H-pyrrole nitrogens is 1. The van der Waals surface area contributed by atoms with Gasteiger partial charge in [-0.3, -0.25) is 4.79 Å². The molecule has 1 aliphatic rings. The smallest absolute Gasteiger partial charge is 0.315 e. The molecule has 0 saturated heterocycles. The van der Waals surface area contributed by atoms with Gasteiger partial charge in [-0.2, -0.15) is 0 Å². The SMILES string of the molecule is CC(C)C1c2[nH]c3ccccc3c2CCN1C(=O)CNC(=O)NCc1ccccc1. The lowest BCUT2D eigenvalue weighted by atomic mass is 9.90. The van der Waals surface area contributed by atoms with Gasteiger partial charge in [0.15, 0.2) is 0 Å². The van der Waals surface area contributed by atoms with Crippen LogP contribution in [0.2, 0.25) is 0 Å². The highest BCUT2D eigenvalue weighted by molar-refractivity contribution is 5.87. The molecule has 1 aromatic heterocycles. The van der Waals surface area contributed by atoms with Crippen LogP contribution in [-0.4, -0.2) is 34.9 Å². The average Bonchev–Trinajstić information content (AvgIpc) is 3.14. The monoisotopic (exact) mass is 404 g/mol. The number of carbonyl (C=O) groups excluding carboxylic acids is 2. The predicted octanol–water partition coefficient (Wildman–Crippen LogP) is 3.75. The van der Waals surface area contributed by atoms with Crippen LogP contribution in [-0.2, 0) is 17.8 Å². The van der Waals surface area contributed by atoms with Gasteiger partial charge in [-0.1, -0.05) is 62.4 Å². The minimum Gasteiger partial charge on any atom is -0.356 e. The second kappa shape index (κ2) is 8.61. The van der Waals surface area contributed by atoms with E-state index in [1.807, 2.05) is 41.3 Å². The number of urea groups is 1. The van der Waals surface area contributed by atoms with E-state index < -0.39 is 0 Å². The van der Waals surface area contributed by atoms with Gasteiger partial charge in [0, 0.05) is 29.7 Å². The zero-order valence-electron chi connectivity index (χ0n) is 17.4. The Morgan fingerprint density at radius 2 is 1.80 bits per heavy atom. The molecule has 2 heterocycles. The molecule has 1 unspecified atom stereocenters. The Hall–Kier alpha value is -3.28. The molecule has 6 nitrogen and oxygen atoms in total. The molecule has 156 valence electrons. The van der Waals surface area contributed by atoms with Gasteiger partial charge in [0.1, 0.15) is 0 Å². The second-order valence-electron chi connectivity index (χ2n) is 8.11. The van der Waals surface area contributed by atoms with Crippen molar-refractivity contribution in [1.82, 2.24) is 20.5 Å². The van der Waals surface area contributed by atoms with Crippen molar-refractivity contribution < 1.29 is 9.59 Å². The molecule has 3 amide bonds. The second-order valence-corrected chi connectivity index (χ2v) is 8.11. The van der Waals surface area contributed by atoms with E-state index >= 15 is 0 Å². The first kappa shape index (κ1) is 20.0. The van der Waals surface area contributed by atoms with Crippen molar-refractivity contribution >= 4 is 22.8 Å². The van der Waals surface area contributed by atoms with Gasteiger partial charge in [-0.05, 0) is 29.5 Å². The van der Waals surface area contributed by atoms with E-state index in [1.54, 1.807) is 0 Å². The maximum absolute atomic E-state index is 13.0. The standard InChI is InChI=1S/C24H28N4O2/c1-16(2)23-22-19(18-10-6-7-11-20(18)27-22)12-13-28(23)21(29)15-26-24(30)25-14-17-8-4-3-5-9-17/h3-11,16,23,27H,12-15H2,1-2H3,(H2,25,26,30). The van der Waals surface area contributed by atoms with E-state index in [0.717, 1.165) is 23.2 Å². The molecule has 0 aliphatic carbocycles. The van der Waals surface area contributed by atoms with Crippen LogP contribution in [0.1, 0.15) is 36.7 Å². The van der Waals surface area contributed by atoms with Crippen molar-refractivity contribution in [1.29, 1.82) is 0 Å². The Kier molecular flexibility index (Phi) is 5.74. The van der Waals surface area contributed by atoms with Crippen LogP contribution in [0.15, 0.2) is 54.6 Å². The number of nitrogens with zero attached hydrogens (tertiary/aromatic N) is 1. The molecule has 1 aliphatic heterocycles. The summed E-state index contributed by atoms with van der Waals surface area (Å²) in [5, 5.41) is 6.75. The Labute approximate surface area is 176 Å². The fraction of sp³-hybridized carbons (Fsp3) is 0.333. The van der Waals surface area contributed by atoms with Gasteiger partial charge in [-0.15, -0.1) is 0 Å². The van der Waals surface area contributed by atoms with Gasteiger partial charge in [0.2, 0.25) is 5.91 Å². The molecular formula is C24H28N4O2. The van der Waals surface area contributed by atoms with Gasteiger partial charge in [-0.25, -0.2) is 4.79 Å². The molecule has 30 heavy (non-hydrogen) atoms. The zero-order valence-corrected chi connectivity index (χ0v) is 17.4. The summed E-state index contributed by atoms with van der Waals surface area (Å²) in [5.74, 6) is 0.195. The molecule has 0 fully saturated rings. The molecule has 0 radical (unpaired) electrons. The number of amides is 3. The third-order valence-electron chi connectivity index (χ3n) is 5.73. The first-order chi connectivity index (χ1) is 14.5. The number of hydrogen-bond acceptors (Lipinski definition) is 2. The van der Waals surface area contributed by atoms with E-state index in [2.05, 4.69) is 47.7 Å². The van der Waals surface area contributed by atoms with Gasteiger partial charge in [0.25, 0.3) is 0 Å². The Bertz CT molecular complexity index is 1040. The van der Waals surface area contributed by atoms with E-state index in [-0.39, 0.29) is 30.4 Å². The molecule has 4 rings (SSSR count). The summed E-state index contributed by atoms with van der Waals surface area (Å²) in [6.07, 6.45) is 0.814. The topological polar surface area (TPSA) is 77.2 Å². The summed E-state index contributed by atoms with van der Waals surface area (Å²) >= 11 is 0. The van der Waals surface area contributed by atoms with Crippen molar-refractivity contribution in [3.8, 4) is 0 Å². The van der Waals surface area contributed by atoms with E-state index in [1.165, 1.54) is 10.9 Å². The normalized spacial score (nSPS) is 15.8. The number of hydrogen-bond donors (Lipinski definition) is 3. The number of benzene rings is 2. The zero-order chi connectivity index (χ0) is 21.1. The molecular weight excluding hydrogens is 376 g/mol. The third kappa shape index (κ3) is 4.03. The van der Waals surface area contributed by atoms with Crippen LogP contribution in [0.3, 0.4) is 0 Å². The van der Waals surface area contributed by atoms with Crippen LogP contribution in [0.25, 0.3) is 10.9 Å². The number of para-hydroxylation sites is 1. The number of rotatable bonds is 5. The predicted molar refractivity (Wildman–Crippen MR) is 118 cm³/mol. The Morgan fingerprint density at radius 1 is 1.07 bits per heavy atom. The largest absolute Gasteiger partial charge is 0.356 e. The highest BCUT2D eigenvalue weighted by Crippen LogP contribution is 2.38. The summed E-state index contributed by atoms with van der Waals surface area (Å²) < 4.78 is 0. The van der Waals surface area contributed by atoms with Crippen LogP contribution in [0, 0.1) is 5.92 Å². The highest BCUT2D eigenvalue weighted by atomic mass is 16.2. The number of fused-ring (bicyclic) bond motifs is 3. The van der Waals surface area contributed by atoms with Crippen molar-refractivity contribution in [3.05, 3.63) is 71.4 Å². The van der Waals surface area contributed by atoms with E-state index in [4.69, 9.17) is 0 Å². The lowest BCUT2D eigenvalue weighted by Gasteiger charge is -2.38. The third-order valence-corrected chi connectivity index (χ3v) is 5.73. The summed E-state index contributed by atoms with van der Waals surface area (Å²) in [6, 6.07) is 17.6. The summed E-state index contributed by atoms with van der Waals surface area (Å²) in [4.78, 5) is 30.6. The first-order valence-corrected chi connectivity index (χ1v) is 10.5.